The quantitative estimate of drug-likeness (QED) is 0.0885. The second kappa shape index (κ2) is 14.7. The third-order valence-corrected chi connectivity index (χ3v) is 5.32. The van der Waals surface area contributed by atoms with Crippen molar-refractivity contribution >= 4 is 16.9 Å². The molecule has 0 aliphatic rings. The monoisotopic (exact) mass is 512 g/mol. The van der Waals surface area contributed by atoms with Crippen LogP contribution >= 0.6 is 0 Å². The zero-order valence-electron chi connectivity index (χ0n) is 19.3. The maximum atomic E-state index is 12.8. The summed E-state index contributed by atoms with van der Waals surface area (Å²) in [7, 11) is -2.67. The fourth-order valence-corrected chi connectivity index (χ4v) is 3.60. The van der Waals surface area contributed by atoms with Crippen molar-refractivity contribution in [3.05, 3.63) is 124 Å². The van der Waals surface area contributed by atoms with Gasteiger partial charge in [0.05, 0.1) is 0 Å². The number of esters is 1. The van der Waals surface area contributed by atoms with Crippen LogP contribution < -0.4 is 34.3 Å². The summed E-state index contributed by atoms with van der Waals surface area (Å²) in [6.07, 6.45) is 2.83. The number of hydrogen-bond acceptors (Lipinski definition) is 7. The average Bonchev–Trinajstić information content (AvgIpc) is 3.34. The third kappa shape index (κ3) is 7.98. The predicted octanol–water partition coefficient (Wildman–Crippen LogP) is 2.43. The number of carbonyl (C=O) groups excluding carboxylic acids is 1. The van der Waals surface area contributed by atoms with E-state index >= 15 is 0 Å². The molecule has 0 radical (unpaired) electrons. The van der Waals surface area contributed by atoms with Crippen LogP contribution in [0.2, 0.25) is 0 Å². The Kier molecular flexibility index (Phi) is 11.7. The standard InChI is InChI=1S/C24H19N2O5S.N3.Na/c27-24(31-17-19-9-5-2-6-10-19)23-21(13-14-26(23)32(28)29)20-11-12-22(25-15-20)30-16-18-7-3-1-4-8-18;1-3-2;/h1-15H,16-17H2;;/q2*-1;+1. The fourth-order valence-electron chi connectivity index (χ4n) is 3.12. The number of ether oxygens (including phenoxy) is 2. The molecule has 0 saturated heterocycles. The summed E-state index contributed by atoms with van der Waals surface area (Å²) in [6, 6.07) is 23.8. The second-order valence-corrected chi connectivity index (χ2v) is 7.76. The Bertz CT molecular complexity index is 1360. The van der Waals surface area contributed by atoms with Gasteiger partial charge in [0.15, 0.2) is 0 Å². The van der Waals surface area contributed by atoms with Crippen molar-refractivity contribution in [1.82, 2.24) is 8.96 Å². The first-order valence-electron chi connectivity index (χ1n) is 10.2. The van der Waals surface area contributed by atoms with Crippen molar-refractivity contribution in [1.29, 1.82) is 0 Å². The van der Waals surface area contributed by atoms with Gasteiger partial charge in [-0.15, -0.1) is 0 Å². The zero-order chi connectivity index (χ0) is 25.0. The number of nitrogens with zero attached hydrogens (tertiary/aromatic N) is 5. The Morgan fingerprint density at radius 1 is 0.889 bits per heavy atom. The smallest absolute Gasteiger partial charge is 0.473 e. The molecule has 0 aliphatic heterocycles. The van der Waals surface area contributed by atoms with Crippen LogP contribution in [0, 0.1) is 0 Å². The van der Waals surface area contributed by atoms with E-state index in [-0.39, 0.29) is 41.9 Å². The molecule has 2 aromatic carbocycles. The average molecular weight is 513 g/mol. The Morgan fingerprint density at radius 3 is 2.00 bits per heavy atom. The van der Waals surface area contributed by atoms with E-state index in [0.717, 1.165) is 15.1 Å². The van der Waals surface area contributed by atoms with Crippen LogP contribution in [0.5, 0.6) is 5.88 Å². The van der Waals surface area contributed by atoms with Crippen LogP contribution in [0.25, 0.3) is 27.1 Å². The number of pyridine rings is 1. The number of carbonyl (C=O) groups is 1. The number of rotatable bonds is 8. The molecule has 10 nitrogen and oxygen atoms in total. The van der Waals surface area contributed by atoms with Crippen LogP contribution in [0.15, 0.2) is 91.3 Å². The first-order valence-corrected chi connectivity index (χ1v) is 11.2. The third-order valence-electron chi connectivity index (χ3n) is 4.70. The van der Waals surface area contributed by atoms with E-state index in [2.05, 4.69) is 4.98 Å². The molecule has 0 fully saturated rings. The summed E-state index contributed by atoms with van der Waals surface area (Å²) in [4.78, 5) is 18.5. The number of benzene rings is 2. The molecule has 178 valence electrons. The molecule has 12 heteroatoms. The van der Waals surface area contributed by atoms with Gasteiger partial charge in [0, 0.05) is 34.3 Å². The second-order valence-electron chi connectivity index (χ2n) is 6.93. The Morgan fingerprint density at radius 2 is 1.47 bits per heavy atom. The molecule has 0 spiro atoms. The molecule has 36 heavy (non-hydrogen) atoms. The van der Waals surface area contributed by atoms with Crippen molar-refractivity contribution in [3.63, 3.8) is 0 Å². The van der Waals surface area contributed by atoms with Crippen molar-refractivity contribution < 1.29 is 52.2 Å². The molecule has 0 aliphatic carbocycles. The molecule has 0 saturated carbocycles. The van der Waals surface area contributed by atoms with Gasteiger partial charge in [0.2, 0.25) is 5.88 Å². The van der Waals surface area contributed by atoms with Gasteiger partial charge < -0.3 is 32.9 Å². The summed E-state index contributed by atoms with van der Waals surface area (Å²) >= 11 is 0. The maximum absolute atomic E-state index is 12.8. The van der Waals surface area contributed by atoms with Crippen LogP contribution in [-0.4, -0.2) is 14.9 Å². The predicted molar refractivity (Wildman–Crippen MR) is 128 cm³/mol. The summed E-state index contributed by atoms with van der Waals surface area (Å²) in [5, 5.41) is 0. The van der Waals surface area contributed by atoms with E-state index < -0.39 is 16.9 Å². The summed E-state index contributed by atoms with van der Waals surface area (Å²) in [5.74, 6) is -0.333. The van der Waals surface area contributed by atoms with E-state index in [1.165, 1.54) is 23.4 Å². The normalized spacial score (nSPS) is 9.81. The number of aromatic nitrogens is 2. The van der Waals surface area contributed by atoms with Crippen molar-refractivity contribution in [2.24, 2.45) is 0 Å². The van der Waals surface area contributed by atoms with Crippen LogP contribution in [-0.2, 0) is 37.3 Å². The molecule has 4 aromatic rings. The van der Waals surface area contributed by atoms with Crippen molar-refractivity contribution in [2.45, 2.75) is 13.2 Å². The molecule has 2 aromatic heterocycles. The minimum Gasteiger partial charge on any atom is -0.473 e. The molecule has 0 amide bonds. The maximum Gasteiger partial charge on any atom is 1.00 e. The summed E-state index contributed by atoms with van der Waals surface area (Å²) in [5.41, 5.74) is 16.2. The van der Waals surface area contributed by atoms with Gasteiger partial charge in [-0.2, -0.15) is 0 Å². The van der Waals surface area contributed by atoms with Crippen molar-refractivity contribution in [3.8, 4) is 17.0 Å². The minimum absolute atomic E-state index is 0. The van der Waals surface area contributed by atoms with Crippen molar-refractivity contribution in [2.75, 3.05) is 0 Å². The number of hydrogen-bond donors (Lipinski definition) is 0. The Labute approximate surface area is 231 Å². The van der Waals surface area contributed by atoms with Gasteiger partial charge in [-0.3, -0.25) is 4.91 Å². The molecule has 0 bridgehead atoms. The largest absolute Gasteiger partial charge is 1.00 e. The molecule has 2 heterocycles. The topological polar surface area (TPSA) is 146 Å². The molecule has 0 unspecified atom stereocenters. The van der Waals surface area contributed by atoms with E-state index in [9.17, 15) is 13.2 Å². The fraction of sp³-hybridized carbons (Fsp3) is 0.0833. The van der Waals surface area contributed by atoms with E-state index in [1.54, 1.807) is 12.1 Å². The molecular weight excluding hydrogens is 493 g/mol. The summed E-state index contributed by atoms with van der Waals surface area (Å²) in [6.45, 7) is 0.399. The van der Waals surface area contributed by atoms with Gasteiger partial charge in [-0.05, 0) is 29.5 Å². The van der Waals surface area contributed by atoms with Gasteiger partial charge >= 0.3 is 35.5 Å². The van der Waals surface area contributed by atoms with Gasteiger partial charge in [-0.1, -0.05) is 60.7 Å². The van der Waals surface area contributed by atoms with Gasteiger partial charge in [0.1, 0.15) is 18.9 Å². The van der Waals surface area contributed by atoms with Gasteiger partial charge in [0.25, 0.3) is 0 Å². The minimum atomic E-state index is -2.67. The van der Waals surface area contributed by atoms with E-state index in [4.69, 9.17) is 20.5 Å². The molecule has 4 rings (SSSR count). The summed E-state index contributed by atoms with van der Waals surface area (Å²) < 4.78 is 35.2. The Balaban J connectivity index is 0.00000109. The first kappa shape index (κ1) is 28.6. The van der Waals surface area contributed by atoms with E-state index in [0.29, 0.717) is 23.6 Å². The van der Waals surface area contributed by atoms with Crippen LogP contribution in [0.4, 0.5) is 0 Å². The Hall–Kier alpha value is -3.60. The van der Waals surface area contributed by atoms with E-state index in [1.807, 2.05) is 60.7 Å². The molecule has 0 N–H and O–H groups in total. The molecule has 0 atom stereocenters. The first-order chi connectivity index (χ1) is 17.0. The van der Waals surface area contributed by atoms with Crippen LogP contribution in [0.1, 0.15) is 21.6 Å². The molecular formula is C24H19N5NaO5S-. The van der Waals surface area contributed by atoms with Gasteiger partial charge in [-0.25, -0.2) is 9.78 Å². The van der Waals surface area contributed by atoms with Crippen LogP contribution in [0.3, 0.4) is 0 Å². The zero-order valence-corrected chi connectivity index (χ0v) is 22.1. The SMILES string of the molecule is O=C(OCc1ccccc1)c1c(-c2ccc(OCc3ccccc3)nc2)ccn1[S-](=O)=O.[N-]=[N+]=[N-].[Na+].